The smallest absolute Gasteiger partial charge is 0.336 e. The predicted octanol–water partition coefficient (Wildman–Crippen LogP) is 5.49. The molecule has 5 rings (SSSR count). The lowest BCUT2D eigenvalue weighted by Crippen LogP contribution is -2.58. The van der Waals surface area contributed by atoms with E-state index in [9.17, 15) is 14.4 Å². The van der Waals surface area contributed by atoms with Gasteiger partial charge < -0.3 is 24.3 Å². The molecule has 210 valence electrons. The molecule has 1 spiro atoms. The van der Waals surface area contributed by atoms with Crippen molar-refractivity contribution in [1.82, 2.24) is 5.32 Å². The summed E-state index contributed by atoms with van der Waals surface area (Å²) >= 11 is 6.59. The molecule has 0 fully saturated rings. The number of methoxy groups -OCH3 is 3. The number of allylic oxidation sites excluding steroid dienone is 2. The summed E-state index contributed by atoms with van der Waals surface area (Å²) < 4.78 is 22.3. The maximum Gasteiger partial charge on any atom is 0.336 e. The Kier molecular flexibility index (Phi) is 6.94. The number of hydrogen-bond acceptors (Lipinski definition) is 8. The van der Waals surface area contributed by atoms with Crippen molar-refractivity contribution in [3.8, 4) is 17.2 Å². The Labute approximate surface area is 238 Å². The SMILES string of the molecule is COC(=O)C1=C(C)NC2=C(C(=O)[C@@]3(Oc4c(Cl)c(OC)cc(OC)c4C3=O)[C@H](C)C2)[C@@H]1c1ccc(C(C)C)cc1. The first-order valence-corrected chi connectivity index (χ1v) is 13.5. The van der Waals surface area contributed by atoms with Crippen molar-refractivity contribution in [2.75, 3.05) is 21.3 Å². The molecular formula is C31H32ClNO7. The lowest BCUT2D eigenvalue weighted by Gasteiger charge is -2.42. The minimum Gasteiger partial charge on any atom is -0.496 e. The van der Waals surface area contributed by atoms with Crippen molar-refractivity contribution in [2.24, 2.45) is 5.92 Å². The molecule has 2 aromatic carbocycles. The van der Waals surface area contributed by atoms with E-state index < -0.39 is 35.0 Å². The number of esters is 1. The summed E-state index contributed by atoms with van der Waals surface area (Å²) in [6.07, 6.45) is 0.324. The molecule has 0 aromatic heterocycles. The second kappa shape index (κ2) is 10.0. The van der Waals surface area contributed by atoms with Gasteiger partial charge in [0.15, 0.2) is 5.75 Å². The monoisotopic (exact) mass is 565 g/mol. The third-order valence-corrected chi connectivity index (χ3v) is 8.55. The molecule has 3 atom stereocenters. The topological polar surface area (TPSA) is 100 Å². The van der Waals surface area contributed by atoms with E-state index >= 15 is 0 Å². The van der Waals surface area contributed by atoms with Gasteiger partial charge in [0.1, 0.15) is 22.1 Å². The van der Waals surface area contributed by atoms with Crippen LogP contribution in [0.25, 0.3) is 0 Å². The number of ether oxygens (including phenoxy) is 4. The predicted molar refractivity (Wildman–Crippen MR) is 149 cm³/mol. The van der Waals surface area contributed by atoms with Crippen molar-refractivity contribution in [1.29, 1.82) is 0 Å². The van der Waals surface area contributed by atoms with E-state index in [1.807, 2.05) is 24.3 Å². The Bertz CT molecular complexity index is 1500. The Morgan fingerprint density at radius 3 is 2.30 bits per heavy atom. The zero-order chi connectivity index (χ0) is 29.1. The van der Waals surface area contributed by atoms with E-state index in [-0.39, 0.29) is 27.8 Å². The third kappa shape index (κ3) is 3.84. The van der Waals surface area contributed by atoms with Crippen LogP contribution in [-0.4, -0.2) is 44.5 Å². The summed E-state index contributed by atoms with van der Waals surface area (Å²) in [5, 5.41) is 3.35. The molecule has 1 aliphatic carbocycles. The highest BCUT2D eigenvalue weighted by Crippen LogP contribution is 2.56. The summed E-state index contributed by atoms with van der Waals surface area (Å²) in [7, 11) is 4.17. The Balaban J connectivity index is 1.70. The number of fused-ring (bicyclic) bond motifs is 1. The lowest BCUT2D eigenvalue weighted by molar-refractivity contribution is -0.136. The maximum atomic E-state index is 14.7. The second-order valence-corrected chi connectivity index (χ2v) is 11.1. The molecule has 0 saturated heterocycles. The molecule has 3 aliphatic rings. The summed E-state index contributed by atoms with van der Waals surface area (Å²) in [6, 6.07) is 9.32. The first-order valence-electron chi connectivity index (χ1n) is 13.1. The highest BCUT2D eigenvalue weighted by molar-refractivity contribution is 6.36. The fraction of sp³-hybridized carbons (Fsp3) is 0.387. The Morgan fingerprint density at radius 2 is 1.73 bits per heavy atom. The zero-order valence-corrected chi connectivity index (χ0v) is 24.3. The van der Waals surface area contributed by atoms with Crippen LogP contribution >= 0.6 is 11.6 Å². The molecule has 0 amide bonds. The molecule has 2 aromatic rings. The molecule has 40 heavy (non-hydrogen) atoms. The summed E-state index contributed by atoms with van der Waals surface area (Å²) in [5.41, 5.74) is 1.89. The van der Waals surface area contributed by atoms with Gasteiger partial charge >= 0.3 is 5.97 Å². The fourth-order valence-electron chi connectivity index (χ4n) is 6.06. The molecule has 0 radical (unpaired) electrons. The van der Waals surface area contributed by atoms with E-state index in [4.69, 9.17) is 30.5 Å². The van der Waals surface area contributed by atoms with Crippen molar-refractivity contribution >= 4 is 29.1 Å². The minimum absolute atomic E-state index is 0.0497. The fourth-order valence-corrected chi connectivity index (χ4v) is 6.33. The molecule has 0 bridgehead atoms. The number of halogens is 1. The highest BCUT2D eigenvalue weighted by Gasteiger charge is 2.63. The Morgan fingerprint density at radius 1 is 1.07 bits per heavy atom. The van der Waals surface area contributed by atoms with Crippen molar-refractivity contribution in [3.63, 3.8) is 0 Å². The van der Waals surface area contributed by atoms with Gasteiger partial charge in [-0.15, -0.1) is 0 Å². The quantitative estimate of drug-likeness (QED) is 0.375. The van der Waals surface area contributed by atoms with Gasteiger partial charge in [-0.25, -0.2) is 4.79 Å². The third-order valence-electron chi connectivity index (χ3n) is 8.19. The van der Waals surface area contributed by atoms with Gasteiger partial charge in [-0.05, 0) is 30.4 Å². The number of carbonyl (C=O) groups excluding carboxylic acids is 3. The van der Waals surface area contributed by atoms with E-state index in [0.29, 0.717) is 34.9 Å². The Hall–Kier alpha value is -3.78. The molecule has 2 aliphatic heterocycles. The van der Waals surface area contributed by atoms with Crippen LogP contribution in [0.1, 0.15) is 67.4 Å². The average Bonchev–Trinajstić information content (AvgIpc) is 3.25. The maximum absolute atomic E-state index is 14.7. The number of carbonyl (C=O) groups is 3. The van der Waals surface area contributed by atoms with Gasteiger partial charge in [-0.1, -0.05) is 56.6 Å². The van der Waals surface area contributed by atoms with Crippen LogP contribution in [0.3, 0.4) is 0 Å². The number of dihydropyridines is 1. The molecule has 1 N–H and O–H groups in total. The number of hydrogen-bond donors (Lipinski definition) is 1. The van der Waals surface area contributed by atoms with Crippen molar-refractivity contribution in [2.45, 2.75) is 51.6 Å². The van der Waals surface area contributed by atoms with Gasteiger partial charge in [-0.2, -0.15) is 0 Å². The number of ketones is 2. The van der Waals surface area contributed by atoms with Crippen LogP contribution in [0, 0.1) is 5.92 Å². The first-order chi connectivity index (χ1) is 19.0. The van der Waals surface area contributed by atoms with E-state index in [0.717, 1.165) is 11.1 Å². The van der Waals surface area contributed by atoms with Crippen LogP contribution in [-0.2, 0) is 14.3 Å². The normalized spacial score (nSPS) is 23.6. The van der Waals surface area contributed by atoms with Gasteiger partial charge in [-0.3, -0.25) is 9.59 Å². The first kappa shape index (κ1) is 27.8. The summed E-state index contributed by atoms with van der Waals surface area (Å²) in [5.74, 6) is -2.15. The van der Waals surface area contributed by atoms with Crippen LogP contribution in [0.15, 0.2) is 52.9 Å². The number of Topliss-reactive ketones (excluding diaryl/α,β-unsaturated/α-hetero) is 2. The molecule has 9 heteroatoms. The van der Waals surface area contributed by atoms with Gasteiger partial charge in [0.25, 0.3) is 0 Å². The summed E-state index contributed by atoms with van der Waals surface area (Å²) in [6.45, 7) is 7.77. The summed E-state index contributed by atoms with van der Waals surface area (Å²) in [4.78, 5) is 42.1. The standard InChI is InChI=1S/C31H32ClNO7/c1-14(2)17-8-10-18(11-9-17)23-22(30(36)39-7)16(4)33-19-12-15(3)31(28(34)24(19)23)29(35)25-20(37-5)13-21(38-6)26(32)27(25)40-31/h8-11,13-15,23,33H,12H2,1-7H3/t15-,23-,31+/m1/s1. The van der Waals surface area contributed by atoms with Crippen LogP contribution < -0.4 is 19.5 Å². The molecule has 0 unspecified atom stereocenters. The van der Waals surface area contributed by atoms with Crippen molar-refractivity contribution < 1.29 is 33.3 Å². The minimum atomic E-state index is -1.89. The molecular weight excluding hydrogens is 534 g/mol. The average molecular weight is 566 g/mol. The van der Waals surface area contributed by atoms with E-state index in [1.54, 1.807) is 13.8 Å². The molecule has 8 nitrogen and oxygen atoms in total. The number of nitrogens with one attached hydrogen (secondary N) is 1. The van der Waals surface area contributed by atoms with Gasteiger partial charge in [0.2, 0.25) is 17.2 Å². The van der Waals surface area contributed by atoms with Crippen molar-refractivity contribution in [3.05, 3.63) is 74.6 Å². The number of rotatable bonds is 5. The molecule has 2 heterocycles. The van der Waals surface area contributed by atoms with Gasteiger partial charge in [0.05, 0.1) is 26.9 Å². The second-order valence-electron chi connectivity index (χ2n) is 10.7. The molecule has 0 saturated carbocycles. The van der Waals surface area contributed by atoms with Crippen LogP contribution in [0.4, 0.5) is 0 Å². The van der Waals surface area contributed by atoms with E-state index in [1.165, 1.54) is 27.4 Å². The largest absolute Gasteiger partial charge is 0.496 e. The van der Waals surface area contributed by atoms with Crippen LogP contribution in [0.2, 0.25) is 5.02 Å². The zero-order valence-electron chi connectivity index (χ0n) is 23.6. The van der Waals surface area contributed by atoms with Gasteiger partial charge in [0, 0.05) is 34.9 Å². The number of benzene rings is 2. The lowest BCUT2D eigenvalue weighted by atomic mass is 9.65. The van der Waals surface area contributed by atoms with Crippen LogP contribution in [0.5, 0.6) is 17.2 Å². The highest BCUT2D eigenvalue weighted by atomic mass is 35.5. The van der Waals surface area contributed by atoms with E-state index in [2.05, 4.69) is 19.2 Å².